The van der Waals surface area contributed by atoms with E-state index in [4.69, 9.17) is 0 Å². The van der Waals surface area contributed by atoms with Gasteiger partial charge in [0.2, 0.25) is 11.8 Å². The zero-order chi connectivity index (χ0) is 19.1. The monoisotopic (exact) mass is 393 g/mol. The summed E-state index contributed by atoms with van der Waals surface area (Å²) < 4.78 is 1.66. The van der Waals surface area contributed by atoms with Gasteiger partial charge in [0.15, 0.2) is 0 Å². The molecule has 8 heteroatoms. The molecule has 2 amide bonds. The quantitative estimate of drug-likeness (QED) is 0.720. The highest BCUT2D eigenvalue weighted by Gasteiger charge is 2.20. The van der Waals surface area contributed by atoms with Crippen LogP contribution in [0.4, 0.5) is 5.69 Å². The fourth-order valence-corrected chi connectivity index (χ4v) is 2.82. The highest BCUT2D eigenvalue weighted by Crippen LogP contribution is 2.16. The minimum absolute atomic E-state index is 0. The number of benzene rings is 1. The SMILES string of the molecule is CCN(CC)C(=O)Cc1ccc(NC(=O)C(NC)c2cnn(C)c2)cc1.Cl. The number of carbonyl (C=O) groups excluding carboxylic acids is 2. The zero-order valence-electron chi connectivity index (χ0n) is 16.2. The molecule has 2 aromatic rings. The number of halogens is 1. The van der Waals surface area contributed by atoms with E-state index in [0.29, 0.717) is 25.2 Å². The number of nitrogens with one attached hydrogen (secondary N) is 2. The first-order valence-corrected chi connectivity index (χ1v) is 8.81. The van der Waals surface area contributed by atoms with Gasteiger partial charge in [-0.1, -0.05) is 12.1 Å². The minimum Gasteiger partial charge on any atom is -0.343 e. The van der Waals surface area contributed by atoms with E-state index in [9.17, 15) is 9.59 Å². The predicted octanol–water partition coefficient (Wildman–Crippen LogP) is 2.15. The summed E-state index contributed by atoms with van der Waals surface area (Å²) in [6.07, 6.45) is 3.84. The van der Waals surface area contributed by atoms with Gasteiger partial charge >= 0.3 is 0 Å². The van der Waals surface area contributed by atoms with Crippen LogP contribution in [0.15, 0.2) is 36.7 Å². The summed E-state index contributed by atoms with van der Waals surface area (Å²) >= 11 is 0. The Morgan fingerprint density at radius 1 is 1.19 bits per heavy atom. The first kappa shape index (κ1) is 22.7. The van der Waals surface area contributed by atoms with E-state index >= 15 is 0 Å². The van der Waals surface area contributed by atoms with Crippen molar-refractivity contribution in [2.24, 2.45) is 7.05 Å². The van der Waals surface area contributed by atoms with Crippen molar-refractivity contribution in [3.05, 3.63) is 47.8 Å². The van der Waals surface area contributed by atoms with Crippen LogP contribution in [0.5, 0.6) is 0 Å². The topological polar surface area (TPSA) is 79.3 Å². The molecule has 1 heterocycles. The Bertz CT molecular complexity index is 741. The molecule has 0 fully saturated rings. The van der Waals surface area contributed by atoms with E-state index in [1.165, 1.54) is 0 Å². The molecule has 0 spiro atoms. The summed E-state index contributed by atoms with van der Waals surface area (Å²) in [5.74, 6) is -0.0499. The van der Waals surface area contributed by atoms with Crippen molar-refractivity contribution >= 4 is 29.9 Å². The van der Waals surface area contributed by atoms with Gasteiger partial charge in [-0.3, -0.25) is 14.3 Å². The first-order chi connectivity index (χ1) is 12.5. The molecule has 0 radical (unpaired) electrons. The van der Waals surface area contributed by atoms with Gasteiger partial charge in [0.05, 0.1) is 12.6 Å². The lowest BCUT2D eigenvalue weighted by molar-refractivity contribution is -0.130. The molecule has 1 aromatic carbocycles. The first-order valence-electron chi connectivity index (χ1n) is 8.81. The van der Waals surface area contributed by atoms with Crippen LogP contribution in [-0.2, 0) is 23.1 Å². The standard InChI is InChI=1S/C19H27N5O2.ClH/c1-5-24(6-2)17(25)11-14-7-9-16(10-8-14)22-19(26)18(20-3)15-12-21-23(4)13-15;/h7-10,12-13,18,20H,5-6,11H2,1-4H3,(H,22,26);1H. The van der Waals surface area contributed by atoms with Gasteiger partial charge in [0.1, 0.15) is 6.04 Å². The van der Waals surface area contributed by atoms with E-state index in [2.05, 4.69) is 15.7 Å². The molecule has 2 rings (SSSR count). The Labute approximate surface area is 166 Å². The van der Waals surface area contributed by atoms with Crippen molar-refractivity contribution in [3.63, 3.8) is 0 Å². The van der Waals surface area contributed by atoms with Gasteiger partial charge in [-0.2, -0.15) is 5.10 Å². The molecule has 0 bridgehead atoms. The second-order valence-electron chi connectivity index (χ2n) is 6.10. The molecule has 0 aliphatic rings. The molecule has 0 saturated heterocycles. The molecule has 148 valence electrons. The maximum absolute atomic E-state index is 12.5. The van der Waals surface area contributed by atoms with Crippen molar-refractivity contribution in [3.8, 4) is 0 Å². The van der Waals surface area contributed by atoms with Crippen LogP contribution in [0.25, 0.3) is 0 Å². The van der Waals surface area contributed by atoms with Crippen LogP contribution in [0.3, 0.4) is 0 Å². The number of anilines is 1. The number of hydrogen-bond acceptors (Lipinski definition) is 4. The Hall–Kier alpha value is -2.38. The Balaban J connectivity index is 0.00000364. The van der Waals surface area contributed by atoms with Gasteiger partial charge in [-0.05, 0) is 38.6 Å². The van der Waals surface area contributed by atoms with Crippen LogP contribution < -0.4 is 10.6 Å². The molecule has 7 nitrogen and oxygen atoms in total. The molecule has 1 atom stereocenters. The summed E-state index contributed by atoms with van der Waals surface area (Å²) in [5.41, 5.74) is 2.42. The summed E-state index contributed by atoms with van der Waals surface area (Å²) in [7, 11) is 3.55. The van der Waals surface area contributed by atoms with Crippen LogP contribution in [0, 0.1) is 0 Å². The molecule has 2 N–H and O–H groups in total. The maximum atomic E-state index is 12.5. The Morgan fingerprint density at radius 2 is 1.81 bits per heavy atom. The molecular weight excluding hydrogens is 366 g/mol. The zero-order valence-corrected chi connectivity index (χ0v) is 17.0. The van der Waals surface area contributed by atoms with Gasteiger partial charge in [-0.25, -0.2) is 0 Å². The number of nitrogens with zero attached hydrogens (tertiary/aromatic N) is 3. The number of amides is 2. The number of likely N-dealkylation sites (N-methyl/N-ethyl adjacent to an activating group) is 2. The molecular formula is C19H28ClN5O2. The molecule has 1 unspecified atom stereocenters. The van der Waals surface area contributed by atoms with Gasteiger partial charge in [0, 0.05) is 37.6 Å². The van der Waals surface area contributed by atoms with E-state index in [1.54, 1.807) is 22.8 Å². The summed E-state index contributed by atoms with van der Waals surface area (Å²) in [5, 5.41) is 9.99. The molecule has 27 heavy (non-hydrogen) atoms. The van der Waals surface area contributed by atoms with Crippen molar-refractivity contribution in [1.82, 2.24) is 20.0 Å². The van der Waals surface area contributed by atoms with Crippen LogP contribution in [0.1, 0.15) is 31.0 Å². The number of rotatable bonds is 8. The molecule has 0 aliphatic carbocycles. The van der Waals surface area contributed by atoms with Crippen molar-refractivity contribution in [2.45, 2.75) is 26.3 Å². The minimum atomic E-state index is -0.479. The lowest BCUT2D eigenvalue weighted by Gasteiger charge is -2.18. The average Bonchev–Trinajstić information content (AvgIpc) is 3.04. The highest BCUT2D eigenvalue weighted by atomic mass is 35.5. The Kier molecular flexibility index (Phi) is 8.97. The molecule has 0 aliphatic heterocycles. The smallest absolute Gasteiger partial charge is 0.246 e. The lowest BCUT2D eigenvalue weighted by Crippen LogP contribution is -2.31. The van der Waals surface area contributed by atoms with Crippen LogP contribution in [-0.4, -0.2) is 46.6 Å². The highest BCUT2D eigenvalue weighted by molar-refractivity contribution is 5.95. The summed E-state index contributed by atoms with van der Waals surface area (Å²) in [6.45, 7) is 5.37. The van der Waals surface area contributed by atoms with Crippen LogP contribution in [0.2, 0.25) is 0 Å². The molecule has 1 aromatic heterocycles. The second kappa shape index (κ2) is 10.7. The number of aryl methyl sites for hydroxylation is 1. The van der Waals surface area contributed by atoms with Gasteiger partial charge in [0.25, 0.3) is 0 Å². The van der Waals surface area contributed by atoms with E-state index in [1.807, 2.05) is 51.4 Å². The van der Waals surface area contributed by atoms with Crippen molar-refractivity contribution < 1.29 is 9.59 Å². The molecule has 0 saturated carbocycles. The van der Waals surface area contributed by atoms with Crippen molar-refractivity contribution in [1.29, 1.82) is 0 Å². The average molecular weight is 394 g/mol. The normalized spacial score (nSPS) is 11.4. The fraction of sp³-hybridized carbons (Fsp3) is 0.421. The number of carbonyl (C=O) groups is 2. The number of aromatic nitrogens is 2. The third-order valence-electron chi connectivity index (χ3n) is 4.30. The number of hydrogen-bond donors (Lipinski definition) is 2. The van der Waals surface area contributed by atoms with Gasteiger partial charge < -0.3 is 15.5 Å². The second-order valence-corrected chi connectivity index (χ2v) is 6.10. The third-order valence-corrected chi connectivity index (χ3v) is 4.30. The lowest BCUT2D eigenvalue weighted by atomic mass is 10.1. The van der Waals surface area contributed by atoms with E-state index in [0.717, 1.165) is 11.1 Å². The third kappa shape index (κ3) is 6.08. The Morgan fingerprint density at radius 3 is 2.30 bits per heavy atom. The van der Waals surface area contributed by atoms with E-state index in [-0.39, 0.29) is 24.2 Å². The summed E-state index contributed by atoms with van der Waals surface area (Å²) in [6, 6.07) is 6.90. The predicted molar refractivity (Wildman–Crippen MR) is 109 cm³/mol. The fourth-order valence-electron chi connectivity index (χ4n) is 2.82. The van der Waals surface area contributed by atoms with Crippen molar-refractivity contribution in [2.75, 3.05) is 25.5 Å². The maximum Gasteiger partial charge on any atom is 0.246 e. The summed E-state index contributed by atoms with van der Waals surface area (Å²) in [4.78, 5) is 26.5. The van der Waals surface area contributed by atoms with Gasteiger partial charge in [-0.15, -0.1) is 12.4 Å². The van der Waals surface area contributed by atoms with Crippen LogP contribution >= 0.6 is 12.4 Å². The van der Waals surface area contributed by atoms with E-state index < -0.39 is 6.04 Å². The largest absolute Gasteiger partial charge is 0.343 e.